The maximum atomic E-state index is 13.4. The molecule has 1 fully saturated rings. The number of amides is 1. The van der Waals surface area contributed by atoms with E-state index in [1.165, 1.54) is 28.0 Å². The van der Waals surface area contributed by atoms with Gasteiger partial charge in [-0.1, -0.05) is 23.5 Å². The number of ether oxygens (including phenoxy) is 1. The molecule has 0 unspecified atom stereocenters. The molecular formula is C14H12FN5O2S. The van der Waals surface area contributed by atoms with Gasteiger partial charge in [-0.25, -0.2) is 4.39 Å². The Hall–Kier alpha value is -2.39. The van der Waals surface area contributed by atoms with Gasteiger partial charge in [0.15, 0.2) is 0 Å². The fraction of sp³-hybridized carbons (Fsp3) is 0.286. The third-order valence-corrected chi connectivity index (χ3v) is 4.50. The normalized spacial score (nSPS) is 15.3. The number of rotatable bonds is 2. The lowest BCUT2D eigenvalue weighted by Gasteiger charge is -2.25. The molecule has 1 aliphatic heterocycles. The second-order valence-electron chi connectivity index (χ2n) is 5.04. The summed E-state index contributed by atoms with van der Waals surface area (Å²) in [5.41, 5.74) is 0.644. The zero-order valence-electron chi connectivity index (χ0n) is 12.0. The van der Waals surface area contributed by atoms with Gasteiger partial charge in [-0.05, 0) is 12.1 Å². The fourth-order valence-corrected chi connectivity index (χ4v) is 3.23. The first-order chi connectivity index (χ1) is 11.2. The van der Waals surface area contributed by atoms with Gasteiger partial charge in [0.1, 0.15) is 10.8 Å². The third-order valence-electron chi connectivity index (χ3n) is 3.55. The number of aromatic nitrogens is 4. The number of carbonyl (C=O) groups excluding carboxylic acids is 1. The SMILES string of the molecule is O=C(c1nnc2sc(-c3cccc(F)c3)nn12)N1CCOCC1. The molecule has 1 saturated heterocycles. The minimum absolute atomic E-state index is 0.167. The van der Waals surface area contributed by atoms with Crippen LogP contribution in [0.3, 0.4) is 0 Å². The third kappa shape index (κ3) is 2.57. The van der Waals surface area contributed by atoms with Crippen LogP contribution in [0.4, 0.5) is 4.39 Å². The molecule has 0 bridgehead atoms. The fourth-order valence-electron chi connectivity index (χ4n) is 2.40. The highest BCUT2D eigenvalue weighted by Crippen LogP contribution is 2.26. The standard InChI is InChI=1S/C14H12FN5O2S/c15-10-3-1-2-9(8-10)12-18-20-11(16-17-14(20)23-12)13(21)19-4-6-22-7-5-19/h1-3,8H,4-7H2. The summed E-state index contributed by atoms with van der Waals surface area (Å²) in [6.07, 6.45) is 0. The average Bonchev–Trinajstić information content (AvgIpc) is 3.15. The molecular weight excluding hydrogens is 321 g/mol. The van der Waals surface area contributed by atoms with Crippen LogP contribution in [0.25, 0.3) is 15.5 Å². The van der Waals surface area contributed by atoms with Gasteiger partial charge >= 0.3 is 0 Å². The van der Waals surface area contributed by atoms with Gasteiger partial charge in [0.2, 0.25) is 10.8 Å². The summed E-state index contributed by atoms with van der Waals surface area (Å²) in [6, 6.07) is 6.15. The van der Waals surface area contributed by atoms with Crippen molar-refractivity contribution in [3.63, 3.8) is 0 Å². The van der Waals surface area contributed by atoms with Crippen LogP contribution < -0.4 is 0 Å². The molecule has 118 valence electrons. The molecule has 0 saturated carbocycles. The van der Waals surface area contributed by atoms with Crippen LogP contribution in [-0.4, -0.2) is 56.9 Å². The van der Waals surface area contributed by atoms with E-state index in [4.69, 9.17) is 4.74 Å². The molecule has 2 aromatic heterocycles. The van der Waals surface area contributed by atoms with Gasteiger partial charge in [-0.2, -0.15) is 9.61 Å². The highest BCUT2D eigenvalue weighted by atomic mass is 32.1. The summed E-state index contributed by atoms with van der Waals surface area (Å²) in [4.78, 5) is 14.7. The van der Waals surface area contributed by atoms with Crippen molar-refractivity contribution < 1.29 is 13.9 Å². The Morgan fingerprint density at radius 3 is 2.87 bits per heavy atom. The van der Waals surface area contributed by atoms with Crippen molar-refractivity contribution in [2.24, 2.45) is 0 Å². The van der Waals surface area contributed by atoms with Crippen LogP contribution in [0.5, 0.6) is 0 Å². The highest BCUT2D eigenvalue weighted by Gasteiger charge is 2.25. The van der Waals surface area contributed by atoms with Gasteiger partial charge in [0.05, 0.1) is 13.2 Å². The summed E-state index contributed by atoms with van der Waals surface area (Å²) < 4.78 is 20.0. The molecule has 1 aromatic carbocycles. The molecule has 1 amide bonds. The molecule has 3 aromatic rings. The lowest BCUT2D eigenvalue weighted by molar-refractivity contribution is 0.0293. The van der Waals surface area contributed by atoms with E-state index in [1.54, 1.807) is 17.0 Å². The van der Waals surface area contributed by atoms with Crippen LogP contribution in [0, 0.1) is 5.82 Å². The summed E-state index contributed by atoms with van der Waals surface area (Å²) >= 11 is 1.26. The Bertz CT molecular complexity index is 871. The Labute approximate surface area is 134 Å². The van der Waals surface area contributed by atoms with E-state index in [9.17, 15) is 9.18 Å². The number of carbonyl (C=O) groups is 1. The monoisotopic (exact) mass is 333 g/mol. The molecule has 0 atom stereocenters. The topological polar surface area (TPSA) is 72.6 Å². The molecule has 23 heavy (non-hydrogen) atoms. The first-order valence-electron chi connectivity index (χ1n) is 7.07. The predicted octanol–water partition coefficient (Wildman–Crippen LogP) is 1.46. The van der Waals surface area contributed by atoms with Gasteiger partial charge in [0, 0.05) is 18.7 Å². The van der Waals surface area contributed by atoms with Crippen LogP contribution in [0.15, 0.2) is 24.3 Å². The van der Waals surface area contributed by atoms with Crippen molar-refractivity contribution in [2.45, 2.75) is 0 Å². The largest absolute Gasteiger partial charge is 0.378 e. The molecule has 4 rings (SSSR count). The second kappa shape index (κ2) is 5.67. The Morgan fingerprint density at radius 2 is 2.09 bits per heavy atom. The van der Waals surface area contributed by atoms with E-state index < -0.39 is 0 Å². The summed E-state index contributed by atoms with van der Waals surface area (Å²) in [5, 5.41) is 12.9. The van der Waals surface area contributed by atoms with Crippen LogP contribution >= 0.6 is 11.3 Å². The number of halogens is 1. The van der Waals surface area contributed by atoms with Crippen molar-refractivity contribution in [3.05, 3.63) is 35.9 Å². The van der Waals surface area contributed by atoms with E-state index in [2.05, 4.69) is 15.3 Å². The lowest BCUT2D eigenvalue weighted by atomic mass is 10.2. The van der Waals surface area contributed by atoms with Gasteiger partial charge in [-0.3, -0.25) is 4.79 Å². The molecule has 0 radical (unpaired) electrons. The maximum Gasteiger partial charge on any atom is 0.293 e. The molecule has 9 heteroatoms. The number of benzene rings is 1. The van der Waals surface area contributed by atoms with E-state index in [0.717, 1.165) is 0 Å². The first-order valence-corrected chi connectivity index (χ1v) is 7.89. The summed E-state index contributed by atoms with van der Waals surface area (Å²) in [5.74, 6) is -0.393. The second-order valence-corrected chi connectivity index (χ2v) is 6.00. The molecule has 0 spiro atoms. The van der Waals surface area contributed by atoms with Crippen molar-refractivity contribution in [1.29, 1.82) is 0 Å². The first kappa shape index (κ1) is 14.2. The van der Waals surface area contributed by atoms with Gasteiger partial charge < -0.3 is 9.64 Å². The lowest BCUT2D eigenvalue weighted by Crippen LogP contribution is -2.41. The van der Waals surface area contributed by atoms with E-state index >= 15 is 0 Å². The van der Waals surface area contributed by atoms with Crippen LogP contribution in [0.2, 0.25) is 0 Å². The van der Waals surface area contributed by atoms with E-state index in [0.29, 0.717) is 41.8 Å². The van der Waals surface area contributed by atoms with Gasteiger partial charge in [0.25, 0.3) is 5.91 Å². The summed E-state index contributed by atoms with van der Waals surface area (Å²) in [7, 11) is 0. The van der Waals surface area contributed by atoms with Crippen LogP contribution in [0.1, 0.15) is 10.6 Å². The zero-order valence-corrected chi connectivity index (χ0v) is 12.8. The van der Waals surface area contributed by atoms with Crippen molar-refractivity contribution in [2.75, 3.05) is 26.3 Å². The number of nitrogens with zero attached hydrogens (tertiary/aromatic N) is 5. The Balaban J connectivity index is 1.70. The average molecular weight is 333 g/mol. The molecule has 0 aliphatic carbocycles. The predicted molar refractivity (Wildman–Crippen MR) is 80.8 cm³/mol. The number of morpholine rings is 1. The quantitative estimate of drug-likeness (QED) is 0.710. The smallest absolute Gasteiger partial charge is 0.293 e. The summed E-state index contributed by atoms with van der Waals surface area (Å²) in [6.45, 7) is 2.07. The van der Waals surface area contributed by atoms with Crippen molar-refractivity contribution >= 4 is 22.2 Å². The number of hydrogen-bond acceptors (Lipinski definition) is 6. The minimum Gasteiger partial charge on any atom is -0.378 e. The maximum absolute atomic E-state index is 13.4. The molecule has 3 heterocycles. The van der Waals surface area contributed by atoms with Crippen molar-refractivity contribution in [1.82, 2.24) is 24.7 Å². The zero-order chi connectivity index (χ0) is 15.8. The van der Waals surface area contributed by atoms with E-state index in [-0.39, 0.29) is 17.5 Å². The van der Waals surface area contributed by atoms with Crippen molar-refractivity contribution in [3.8, 4) is 10.6 Å². The molecule has 1 aliphatic rings. The minimum atomic E-state index is -0.335. The van der Waals surface area contributed by atoms with Crippen LogP contribution in [-0.2, 0) is 4.74 Å². The Morgan fingerprint density at radius 1 is 1.26 bits per heavy atom. The number of hydrogen-bond donors (Lipinski definition) is 0. The highest BCUT2D eigenvalue weighted by molar-refractivity contribution is 7.19. The molecule has 0 N–H and O–H groups in total. The molecule has 7 nitrogen and oxygen atoms in total. The number of fused-ring (bicyclic) bond motifs is 1. The van der Waals surface area contributed by atoms with Gasteiger partial charge in [-0.15, -0.1) is 10.2 Å². The Kier molecular flexibility index (Phi) is 3.50. The van der Waals surface area contributed by atoms with E-state index in [1.807, 2.05) is 0 Å².